The fraction of sp³-hybridized carbons (Fsp3) is 0.703. The molecule has 9 heteroatoms. The van der Waals surface area contributed by atoms with Gasteiger partial charge in [-0.05, 0) is 80.2 Å². The summed E-state index contributed by atoms with van der Waals surface area (Å²) in [5.74, 6) is 1.60. The highest BCUT2D eigenvalue weighted by Crippen LogP contribution is 2.59. The lowest BCUT2D eigenvalue weighted by Crippen LogP contribution is -2.46. The number of methoxy groups -OCH3 is 1. The Labute approximate surface area is 272 Å². The fourth-order valence-corrected chi connectivity index (χ4v) is 8.96. The van der Waals surface area contributed by atoms with Crippen LogP contribution >= 0.6 is 0 Å². The number of hydrogen-bond donors (Lipinski definition) is 0. The van der Waals surface area contributed by atoms with E-state index < -0.39 is 23.5 Å². The molecule has 3 saturated carbocycles. The molecule has 0 radical (unpaired) electrons. The number of benzene rings is 1. The number of hydrogen-bond acceptors (Lipinski definition) is 8. The number of carbonyl (C=O) groups excluding carboxylic acids is 3. The van der Waals surface area contributed by atoms with Gasteiger partial charge in [-0.1, -0.05) is 40.5 Å². The molecule has 2 unspecified atom stereocenters. The Bertz CT molecular complexity index is 1510. The molecule has 1 amide bonds. The van der Waals surface area contributed by atoms with E-state index in [0.717, 1.165) is 62.4 Å². The van der Waals surface area contributed by atoms with Crippen LogP contribution in [0.4, 0.5) is 0 Å². The zero-order valence-electron chi connectivity index (χ0n) is 28.0. The monoisotopic (exact) mass is 631 g/mol. The Hall–Kier alpha value is -3.23. The van der Waals surface area contributed by atoms with Gasteiger partial charge in [-0.25, -0.2) is 9.97 Å². The van der Waals surface area contributed by atoms with Crippen LogP contribution in [0, 0.1) is 35.0 Å². The molecule has 9 nitrogen and oxygen atoms in total. The van der Waals surface area contributed by atoms with Crippen molar-refractivity contribution in [1.82, 2.24) is 14.9 Å². The van der Waals surface area contributed by atoms with E-state index in [1.807, 2.05) is 45.9 Å². The summed E-state index contributed by atoms with van der Waals surface area (Å²) < 4.78 is 18.5. The van der Waals surface area contributed by atoms with E-state index in [0.29, 0.717) is 41.3 Å². The van der Waals surface area contributed by atoms with Crippen LogP contribution in [0.1, 0.15) is 97.6 Å². The maximum Gasteiger partial charge on any atom is 0.306 e. The first-order valence-electron chi connectivity index (χ1n) is 17.5. The van der Waals surface area contributed by atoms with E-state index >= 15 is 0 Å². The van der Waals surface area contributed by atoms with Crippen LogP contribution in [0.15, 0.2) is 18.2 Å². The van der Waals surface area contributed by atoms with E-state index in [-0.39, 0.29) is 42.3 Å². The maximum atomic E-state index is 14.4. The number of rotatable bonds is 3. The van der Waals surface area contributed by atoms with Gasteiger partial charge < -0.3 is 23.9 Å². The van der Waals surface area contributed by atoms with Crippen molar-refractivity contribution in [3.63, 3.8) is 0 Å². The number of amides is 1. The van der Waals surface area contributed by atoms with Crippen LogP contribution in [0.25, 0.3) is 11.0 Å². The predicted octanol–water partition coefficient (Wildman–Crippen LogP) is 6.05. The van der Waals surface area contributed by atoms with Crippen molar-refractivity contribution < 1.29 is 28.6 Å². The first kappa shape index (κ1) is 31.4. The van der Waals surface area contributed by atoms with E-state index in [4.69, 9.17) is 24.2 Å². The Morgan fingerprint density at radius 1 is 1.02 bits per heavy atom. The molecule has 3 heterocycles. The highest BCUT2D eigenvalue weighted by atomic mass is 16.5. The van der Waals surface area contributed by atoms with Crippen molar-refractivity contribution in [3.8, 4) is 11.6 Å². The average Bonchev–Trinajstić information content (AvgIpc) is 3.92. The van der Waals surface area contributed by atoms with Crippen LogP contribution in [-0.2, 0) is 24.5 Å². The van der Waals surface area contributed by atoms with Crippen LogP contribution in [-0.4, -0.2) is 64.9 Å². The molecular weight excluding hydrogens is 582 g/mol. The number of esters is 1. The number of aromatic nitrogens is 2. The molecule has 8 atom stereocenters. The zero-order chi connectivity index (χ0) is 32.4. The van der Waals surface area contributed by atoms with Crippen LogP contribution in [0.3, 0.4) is 0 Å². The Morgan fingerprint density at radius 2 is 1.83 bits per heavy atom. The molecule has 7 rings (SSSR count). The van der Waals surface area contributed by atoms with Crippen molar-refractivity contribution >= 4 is 29.2 Å². The smallest absolute Gasteiger partial charge is 0.306 e. The first-order chi connectivity index (χ1) is 22.0. The van der Waals surface area contributed by atoms with Crippen molar-refractivity contribution in [2.75, 3.05) is 13.7 Å². The quantitative estimate of drug-likeness (QED) is 0.298. The van der Waals surface area contributed by atoms with Crippen LogP contribution < -0.4 is 9.47 Å². The van der Waals surface area contributed by atoms with Crippen molar-refractivity contribution in [1.29, 1.82) is 0 Å². The van der Waals surface area contributed by atoms with Gasteiger partial charge in [-0.2, -0.15) is 0 Å². The van der Waals surface area contributed by atoms with Crippen LogP contribution in [0.5, 0.6) is 11.6 Å². The second-order valence-corrected chi connectivity index (χ2v) is 15.8. The van der Waals surface area contributed by atoms with Gasteiger partial charge in [0.25, 0.3) is 0 Å². The average molecular weight is 632 g/mol. The predicted molar refractivity (Wildman–Crippen MR) is 172 cm³/mol. The lowest BCUT2D eigenvalue weighted by molar-refractivity contribution is -0.158. The molecule has 3 aliphatic carbocycles. The zero-order valence-corrected chi connectivity index (χ0v) is 28.0. The third-order valence-electron chi connectivity index (χ3n) is 12.0. The third kappa shape index (κ3) is 5.66. The van der Waals surface area contributed by atoms with Gasteiger partial charge in [0, 0.05) is 17.4 Å². The number of aldehydes is 1. The van der Waals surface area contributed by atoms with Crippen molar-refractivity contribution in [3.05, 3.63) is 23.9 Å². The number of carbonyl (C=O) groups is 3. The molecule has 248 valence electrons. The van der Waals surface area contributed by atoms with Crippen molar-refractivity contribution in [2.24, 2.45) is 35.0 Å². The highest BCUT2D eigenvalue weighted by molar-refractivity contribution is 5.87. The summed E-state index contributed by atoms with van der Waals surface area (Å²) in [6.45, 7) is 8.24. The molecule has 2 aromatic rings. The number of fused-ring (bicyclic) bond motifs is 8. The Balaban J connectivity index is 1.28. The van der Waals surface area contributed by atoms with Gasteiger partial charge in [0.2, 0.25) is 11.8 Å². The van der Waals surface area contributed by atoms with Crippen LogP contribution in [0.2, 0.25) is 0 Å². The molecule has 0 N–H and O–H groups in total. The lowest BCUT2D eigenvalue weighted by Gasteiger charge is -2.34. The molecule has 5 aliphatic rings. The summed E-state index contributed by atoms with van der Waals surface area (Å²) in [7, 11) is 1.63. The summed E-state index contributed by atoms with van der Waals surface area (Å²) in [5.41, 5.74) is 1.80. The largest absolute Gasteiger partial charge is 0.497 e. The van der Waals surface area contributed by atoms with Crippen molar-refractivity contribution in [2.45, 2.75) is 116 Å². The first-order valence-corrected chi connectivity index (χ1v) is 17.5. The van der Waals surface area contributed by atoms with Gasteiger partial charge in [0.1, 0.15) is 29.9 Å². The normalized spacial score (nSPS) is 34.1. The second-order valence-electron chi connectivity index (χ2n) is 15.8. The molecular formula is C37H49N3O6. The summed E-state index contributed by atoms with van der Waals surface area (Å²) >= 11 is 0. The molecule has 2 aliphatic heterocycles. The second kappa shape index (κ2) is 11.8. The number of ether oxygens (including phenoxy) is 3. The molecule has 1 spiro atoms. The summed E-state index contributed by atoms with van der Waals surface area (Å²) in [4.78, 5) is 52.5. The molecule has 4 fully saturated rings. The lowest BCUT2D eigenvalue weighted by atomic mass is 9.77. The number of nitrogens with zero attached hydrogens (tertiary/aromatic N) is 3. The summed E-state index contributed by atoms with van der Waals surface area (Å²) in [6, 6.07) is 5.10. The van der Waals surface area contributed by atoms with E-state index in [1.54, 1.807) is 12.0 Å². The van der Waals surface area contributed by atoms with Gasteiger partial charge >= 0.3 is 5.97 Å². The Kier molecular flexibility index (Phi) is 8.03. The summed E-state index contributed by atoms with van der Waals surface area (Å²) in [5, 5.41) is 0. The maximum absolute atomic E-state index is 14.4. The minimum atomic E-state index is -0.649. The molecule has 1 aromatic carbocycles. The van der Waals surface area contributed by atoms with Gasteiger partial charge in [0.05, 0.1) is 43.1 Å². The van der Waals surface area contributed by atoms with E-state index in [1.165, 1.54) is 6.42 Å². The minimum absolute atomic E-state index is 0.00985. The topological polar surface area (TPSA) is 108 Å². The van der Waals surface area contributed by atoms with E-state index in [9.17, 15) is 14.4 Å². The summed E-state index contributed by atoms with van der Waals surface area (Å²) in [6.07, 6.45) is 9.50. The highest BCUT2D eigenvalue weighted by Gasteiger charge is 2.55. The third-order valence-corrected chi connectivity index (χ3v) is 12.0. The minimum Gasteiger partial charge on any atom is -0.497 e. The molecule has 1 aromatic heterocycles. The van der Waals surface area contributed by atoms with Gasteiger partial charge in [-0.15, -0.1) is 0 Å². The van der Waals surface area contributed by atoms with Gasteiger partial charge in [0.15, 0.2) is 0 Å². The molecule has 2 bridgehead atoms. The Morgan fingerprint density at radius 3 is 2.52 bits per heavy atom. The van der Waals surface area contributed by atoms with Gasteiger partial charge in [-0.3, -0.25) is 9.59 Å². The molecule has 1 saturated heterocycles. The standard InChI is InChI=1S/C37H49N3O6/c1-6-23-29(20-41)40-19-31(23)46-34-33(38-27-11-10-22(44-5)17-28(27)39-34)37(13-14-37)12-8-7-9-24-25-15-21(25)16-30(24)45-32(42)18-26(35(40)43)36(2,3)4/h10-11,17,20-21,23-26,29-31H,6-9,12-16,18-19H2,1-5H3/t21?,23-,24+,25?,26+,29+,30+,31-/m0/s1. The SMILES string of the molecule is CC[C@@H]1[C@@H]2CN(C(=O)[C@H](C(C)(C)C)CC(=O)O[C@@H]3CC4CC4[C@H]3CCCCC3(CC3)c3nc4ccc(OC)cc4nc3O2)[C@@H]1C=O. The molecule has 46 heavy (non-hydrogen) atoms. The fourth-order valence-electron chi connectivity index (χ4n) is 8.96. The van der Waals surface area contributed by atoms with E-state index in [2.05, 4.69) is 0 Å².